The Hall–Kier alpha value is -0.460. The molecule has 1 nitrogen and oxygen atoms in total. The fraction of sp³-hybridized carbons (Fsp3) is 0.778. The van der Waals surface area contributed by atoms with Gasteiger partial charge in [-0.2, -0.15) is 0 Å². The van der Waals surface area contributed by atoms with Gasteiger partial charge >= 0.3 is 0 Å². The Morgan fingerprint density at radius 3 is 2.50 bits per heavy atom. The largest absolute Gasteiger partial charge is 0.513 e. The lowest BCUT2D eigenvalue weighted by molar-refractivity contribution is 0.391. The van der Waals surface area contributed by atoms with Crippen molar-refractivity contribution in [2.75, 3.05) is 0 Å². The molecule has 0 aliphatic carbocycles. The van der Waals surface area contributed by atoms with Crippen LogP contribution in [0, 0.1) is 0 Å². The first-order valence-corrected chi connectivity index (χ1v) is 4.19. The monoisotopic (exact) mass is 142 g/mol. The zero-order chi connectivity index (χ0) is 7.82. The van der Waals surface area contributed by atoms with E-state index in [0.717, 1.165) is 12.8 Å². The molecule has 0 radical (unpaired) electrons. The molecule has 1 N–H and O–H groups in total. The van der Waals surface area contributed by atoms with Crippen LogP contribution in [0.1, 0.15) is 46.0 Å². The molecule has 1 heteroatoms. The van der Waals surface area contributed by atoms with Gasteiger partial charge in [0.25, 0.3) is 0 Å². The summed E-state index contributed by atoms with van der Waals surface area (Å²) in [6.07, 6.45) is 7.46. The SMILES string of the molecule is CCCCCC=C(O)CC. The van der Waals surface area contributed by atoms with Gasteiger partial charge in [-0.15, -0.1) is 0 Å². The summed E-state index contributed by atoms with van der Waals surface area (Å²) in [7, 11) is 0. The second-order valence-corrected chi connectivity index (χ2v) is 2.54. The summed E-state index contributed by atoms with van der Waals surface area (Å²) >= 11 is 0. The Bertz CT molecular complexity index is 94.9. The topological polar surface area (TPSA) is 20.2 Å². The molecule has 0 aromatic rings. The summed E-state index contributed by atoms with van der Waals surface area (Å²) in [5, 5.41) is 9.02. The van der Waals surface area contributed by atoms with Gasteiger partial charge < -0.3 is 5.11 Å². The first-order chi connectivity index (χ1) is 4.81. The summed E-state index contributed by atoms with van der Waals surface area (Å²) in [6, 6.07) is 0. The van der Waals surface area contributed by atoms with Crippen LogP contribution < -0.4 is 0 Å². The smallest absolute Gasteiger partial charge is 0.0880 e. The second-order valence-electron chi connectivity index (χ2n) is 2.54. The van der Waals surface area contributed by atoms with Crippen LogP contribution in [0.15, 0.2) is 11.8 Å². The van der Waals surface area contributed by atoms with Crippen LogP contribution in [0.3, 0.4) is 0 Å². The Balaban J connectivity index is 3.16. The van der Waals surface area contributed by atoms with Gasteiger partial charge in [0, 0.05) is 6.42 Å². The molecule has 0 saturated carbocycles. The fourth-order valence-corrected chi connectivity index (χ4v) is 0.807. The van der Waals surface area contributed by atoms with Gasteiger partial charge in [0.15, 0.2) is 0 Å². The van der Waals surface area contributed by atoms with E-state index in [2.05, 4.69) is 6.92 Å². The maximum absolute atomic E-state index is 9.02. The number of allylic oxidation sites excluding steroid dienone is 2. The standard InChI is InChI=1S/C9H18O/c1-3-5-6-7-8-9(10)4-2/h8,10H,3-7H2,1-2H3. The molecule has 0 aliphatic rings. The van der Waals surface area contributed by atoms with Gasteiger partial charge in [0.05, 0.1) is 5.76 Å². The van der Waals surface area contributed by atoms with Crippen molar-refractivity contribution >= 4 is 0 Å². The lowest BCUT2D eigenvalue weighted by Crippen LogP contribution is -1.77. The number of aliphatic hydroxyl groups excluding tert-OH is 1. The molecule has 0 bridgehead atoms. The van der Waals surface area contributed by atoms with Crippen molar-refractivity contribution in [2.24, 2.45) is 0 Å². The third kappa shape index (κ3) is 5.67. The Labute approximate surface area is 63.8 Å². The lowest BCUT2D eigenvalue weighted by Gasteiger charge is -1.94. The van der Waals surface area contributed by atoms with Crippen molar-refractivity contribution in [3.05, 3.63) is 11.8 Å². The number of hydrogen-bond acceptors (Lipinski definition) is 1. The highest BCUT2D eigenvalue weighted by Crippen LogP contribution is 2.03. The van der Waals surface area contributed by atoms with Crippen molar-refractivity contribution in [2.45, 2.75) is 46.0 Å². The quantitative estimate of drug-likeness (QED) is 0.460. The van der Waals surface area contributed by atoms with Crippen LogP contribution in [0.25, 0.3) is 0 Å². The van der Waals surface area contributed by atoms with Gasteiger partial charge in [0.2, 0.25) is 0 Å². The van der Waals surface area contributed by atoms with Crippen molar-refractivity contribution in [3.63, 3.8) is 0 Å². The van der Waals surface area contributed by atoms with Gasteiger partial charge in [-0.05, 0) is 18.9 Å². The summed E-state index contributed by atoms with van der Waals surface area (Å²) in [5.41, 5.74) is 0. The van der Waals surface area contributed by atoms with Gasteiger partial charge in [0.1, 0.15) is 0 Å². The minimum Gasteiger partial charge on any atom is -0.513 e. The Morgan fingerprint density at radius 1 is 1.30 bits per heavy atom. The zero-order valence-electron chi connectivity index (χ0n) is 7.06. The van der Waals surface area contributed by atoms with E-state index in [9.17, 15) is 0 Å². The highest BCUT2D eigenvalue weighted by Gasteiger charge is 1.86. The molecular formula is C9H18O. The molecular weight excluding hydrogens is 124 g/mol. The molecule has 0 heterocycles. The normalized spacial score (nSPS) is 12.0. The Kier molecular flexibility index (Phi) is 6.35. The minimum absolute atomic E-state index is 0.538. The molecule has 0 atom stereocenters. The van der Waals surface area contributed by atoms with Crippen LogP contribution in [0.5, 0.6) is 0 Å². The van der Waals surface area contributed by atoms with Crippen molar-refractivity contribution in [3.8, 4) is 0 Å². The highest BCUT2D eigenvalue weighted by atomic mass is 16.3. The van der Waals surface area contributed by atoms with Crippen molar-refractivity contribution < 1.29 is 5.11 Å². The summed E-state index contributed by atoms with van der Waals surface area (Å²) in [6.45, 7) is 4.15. The molecule has 0 aromatic heterocycles. The fourth-order valence-electron chi connectivity index (χ4n) is 0.807. The molecule has 0 rings (SSSR count). The van der Waals surface area contributed by atoms with E-state index >= 15 is 0 Å². The van der Waals surface area contributed by atoms with E-state index in [0.29, 0.717) is 5.76 Å². The van der Waals surface area contributed by atoms with E-state index in [4.69, 9.17) is 5.11 Å². The molecule has 60 valence electrons. The number of aliphatic hydroxyl groups is 1. The van der Waals surface area contributed by atoms with Crippen LogP contribution in [-0.4, -0.2) is 5.11 Å². The number of hydrogen-bond donors (Lipinski definition) is 1. The van der Waals surface area contributed by atoms with E-state index in [1.165, 1.54) is 19.3 Å². The summed E-state index contributed by atoms with van der Waals surface area (Å²) in [5.74, 6) is 0.538. The molecule has 0 aliphatic heterocycles. The lowest BCUT2D eigenvalue weighted by atomic mass is 10.2. The van der Waals surface area contributed by atoms with Crippen LogP contribution in [0.4, 0.5) is 0 Å². The molecule has 0 saturated heterocycles. The molecule has 10 heavy (non-hydrogen) atoms. The third-order valence-electron chi connectivity index (χ3n) is 1.55. The van der Waals surface area contributed by atoms with E-state index < -0.39 is 0 Å². The molecule has 0 spiro atoms. The van der Waals surface area contributed by atoms with Gasteiger partial charge in [-0.25, -0.2) is 0 Å². The van der Waals surface area contributed by atoms with E-state index in [1.807, 2.05) is 13.0 Å². The van der Waals surface area contributed by atoms with E-state index in [1.54, 1.807) is 0 Å². The van der Waals surface area contributed by atoms with Crippen molar-refractivity contribution in [1.82, 2.24) is 0 Å². The summed E-state index contributed by atoms with van der Waals surface area (Å²) in [4.78, 5) is 0. The highest BCUT2D eigenvalue weighted by molar-refractivity contribution is 4.88. The maximum Gasteiger partial charge on any atom is 0.0880 e. The number of unbranched alkanes of at least 4 members (excludes halogenated alkanes) is 3. The van der Waals surface area contributed by atoms with Crippen molar-refractivity contribution in [1.29, 1.82) is 0 Å². The first-order valence-electron chi connectivity index (χ1n) is 4.19. The number of rotatable bonds is 5. The maximum atomic E-state index is 9.02. The molecule has 0 fully saturated rings. The van der Waals surface area contributed by atoms with Gasteiger partial charge in [-0.3, -0.25) is 0 Å². The first kappa shape index (κ1) is 9.54. The molecule has 0 amide bonds. The molecule has 0 unspecified atom stereocenters. The van der Waals surface area contributed by atoms with E-state index in [-0.39, 0.29) is 0 Å². The minimum atomic E-state index is 0.538. The zero-order valence-corrected chi connectivity index (χ0v) is 7.06. The van der Waals surface area contributed by atoms with Crippen LogP contribution in [0.2, 0.25) is 0 Å². The molecule has 0 aromatic carbocycles. The average molecular weight is 142 g/mol. The van der Waals surface area contributed by atoms with Gasteiger partial charge in [-0.1, -0.05) is 26.7 Å². The second kappa shape index (κ2) is 6.66. The Morgan fingerprint density at radius 2 is 2.00 bits per heavy atom. The predicted octanol–water partition coefficient (Wildman–Crippen LogP) is 3.42. The van der Waals surface area contributed by atoms with Crippen LogP contribution >= 0.6 is 0 Å². The van der Waals surface area contributed by atoms with Crippen LogP contribution in [-0.2, 0) is 0 Å². The predicted molar refractivity (Wildman–Crippen MR) is 45.1 cm³/mol. The average Bonchev–Trinajstić information content (AvgIpc) is 1.98. The summed E-state index contributed by atoms with van der Waals surface area (Å²) < 4.78 is 0. The third-order valence-corrected chi connectivity index (χ3v) is 1.55.